The number of likely N-dealkylation sites (tertiary alicyclic amines) is 1. The molecular formula is C20H21Cl2N5O4. The van der Waals surface area contributed by atoms with Crippen LogP contribution in [0.2, 0.25) is 10.0 Å². The number of nitrogens with zero attached hydrogens (tertiary/aromatic N) is 2. The van der Waals surface area contributed by atoms with Gasteiger partial charge in [0.1, 0.15) is 0 Å². The number of anilines is 1. The van der Waals surface area contributed by atoms with Crippen LogP contribution in [0.4, 0.5) is 10.5 Å². The molecule has 0 saturated carbocycles. The Bertz CT molecular complexity index is 994. The zero-order valence-electron chi connectivity index (χ0n) is 16.7. The number of allylic oxidation sites excluding steroid dienone is 1. The number of hydrogen-bond acceptors (Lipinski definition) is 5. The maximum Gasteiger partial charge on any atom is 0.414 e. The van der Waals surface area contributed by atoms with E-state index >= 15 is 0 Å². The lowest BCUT2D eigenvalue weighted by atomic mass is 10.1. The molecule has 1 aromatic heterocycles. The number of amides is 3. The van der Waals surface area contributed by atoms with E-state index < -0.39 is 17.9 Å². The molecule has 3 amide bonds. The van der Waals surface area contributed by atoms with Gasteiger partial charge in [-0.15, -0.1) is 0 Å². The van der Waals surface area contributed by atoms with E-state index in [0.717, 1.165) is 0 Å². The Morgan fingerprint density at radius 1 is 1.19 bits per heavy atom. The fourth-order valence-corrected chi connectivity index (χ4v) is 3.70. The van der Waals surface area contributed by atoms with Crippen LogP contribution in [0.1, 0.15) is 40.6 Å². The summed E-state index contributed by atoms with van der Waals surface area (Å²) in [5.41, 5.74) is 0.328. The average molecular weight is 466 g/mol. The molecule has 1 saturated heterocycles. The Hall–Kier alpha value is -3.04. The number of halogens is 2. The molecule has 1 aliphatic heterocycles. The topological polar surface area (TPSA) is 116 Å². The number of H-pyrrole nitrogens is 1. The summed E-state index contributed by atoms with van der Waals surface area (Å²) in [6, 6.07) is 4.56. The van der Waals surface area contributed by atoms with Crippen LogP contribution in [-0.2, 0) is 4.74 Å². The molecule has 2 heterocycles. The van der Waals surface area contributed by atoms with E-state index in [1.165, 1.54) is 6.20 Å². The number of rotatable bonds is 5. The maximum atomic E-state index is 12.7. The fraction of sp³-hybridized carbons (Fsp3) is 0.300. The van der Waals surface area contributed by atoms with Gasteiger partial charge in [-0.25, -0.2) is 4.79 Å². The van der Waals surface area contributed by atoms with E-state index in [1.54, 1.807) is 30.0 Å². The van der Waals surface area contributed by atoms with Crippen molar-refractivity contribution in [1.29, 1.82) is 0 Å². The van der Waals surface area contributed by atoms with E-state index in [-0.39, 0.29) is 33.0 Å². The molecule has 0 radical (unpaired) electrons. The Labute approximate surface area is 188 Å². The van der Waals surface area contributed by atoms with Gasteiger partial charge in [0, 0.05) is 25.3 Å². The maximum absolute atomic E-state index is 12.7. The third-order valence-corrected chi connectivity index (χ3v) is 5.27. The summed E-state index contributed by atoms with van der Waals surface area (Å²) in [4.78, 5) is 38.8. The Balaban J connectivity index is 1.60. The van der Waals surface area contributed by atoms with Crippen LogP contribution < -0.4 is 10.6 Å². The number of carbonyl (C=O) groups excluding carboxylic acids is 3. The van der Waals surface area contributed by atoms with Gasteiger partial charge in [-0.1, -0.05) is 35.8 Å². The Morgan fingerprint density at radius 2 is 1.84 bits per heavy atom. The fourth-order valence-electron chi connectivity index (χ4n) is 3.13. The molecule has 9 nitrogen and oxygen atoms in total. The van der Waals surface area contributed by atoms with Gasteiger partial charge in [0.15, 0.2) is 5.69 Å². The minimum atomic E-state index is -0.560. The van der Waals surface area contributed by atoms with Gasteiger partial charge in [0.05, 0.1) is 27.1 Å². The quantitative estimate of drug-likeness (QED) is 0.580. The number of benzene rings is 1. The Kier molecular flexibility index (Phi) is 7.19. The van der Waals surface area contributed by atoms with Crippen LogP contribution in [-0.4, -0.2) is 52.1 Å². The van der Waals surface area contributed by atoms with Crippen LogP contribution in [0.25, 0.3) is 0 Å². The summed E-state index contributed by atoms with van der Waals surface area (Å²) >= 11 is 12.1. The molecule has 11 heteroatoms. The van der Waals surface area contributed by atoms with Gasteiger partial charge < -0.3 is 20.3 Å². The molecule has 164 valence electrons. The van der Waals surface area contributed by atoms with Gasteiger partial charge >= 0.3 is 6.09 Å². The first kappa shape index (κ1) is 22.6. The smallest absolute Gasteiger partial charge is 0.414 e. The summed E-state index contributed by atoms with van der Waals surface area (Å²) in [6.07, 6.45) is 2.05. The first-order valence-electron chi connectivity index (χ1n) is 9.48. The van der Waals surface area contributed by atoms with Crippen LogP contribution >= 0.6 is 23.2 Å². The molecule has 0 aliphatic carbocycles. The highest BCUT2D eigenvalue weighted by Gasteiger charge is 2.27. The second-order valence-electron chi connectivity index (χ2n) is 7.00. The third kappa shape index (κ3) is 5.56. The lowest BCUT2D eigenvalue weighted by molar-refractivity contribution is 0.0894. The number of ether oxygens (including phenoxy) is 1. The summed E-state index contributed by atoms with van der Waals surface area (Å²) in [7, 11) is 0. The number of carbonyl (C=O) groups is 3. The number of piperidine rings is 1. The third-order valence-electron chi connectivity index (χ3n) is 4.64. The van der Waals surface area contributed by atoms with Crippen LogP contribution in [0.3, 0.4) is 0 Å². The lowest BCUT2D eigenvalue weighted by Gasteiger charge is -2.31. The minimum absolute atomic E-state index is 0.0284. The van der Waals surface area contributed by atoms with Crippen molar-refractivity contribution in [3.63, 3.8) is 0 Å². The summed E-state index contributed by atoms with van der Waals surface area (Å²) in [5.74, 6) is -0.688. The zero-order valence-corrected chi connectivity index (χ0v) is 18.2. The van der Waals surface area contributed by atoms with Crippen molar-refractivity contribution in [1.82, 2.24) is 20.4 Å². The first-order valence-corrected chi connectivity index (χ1v) is 10.2. The highest BCUT2D eigenvalue weighted by molar-refractivity contribution is 6.40. The van der Waals surface area contributed by atoms with E-state index in [9.17, 15) is 14.4 Å². The number of aromatic nitrogens is 2. The second-order valence-corrected chi connectivity index (χ2v) is 7.82. The Morgan fingerprint density at radius 3 is 2.45 bits per heavy atom. The molecule has 0 spiro atoms. The molecule has 1 aliphatic rings. The summed E-state index contributed by atoms with van der Waals surface area (Å²) < 4.78 is 5.00. The normalized spacial score (nSPS) is 14.1. The van der Waals surface area contributed by atoms with Crippen molar-refractivity contribution in [2.75, 3.05) is 18.4 Å². The highest BCUT2D eigenvalue weighted by Crippen LogP contribution is 2.26. The molecule has 2 aromatic rings. The monoisotopic (exact) mass is 465 g/mol. The molecule has 3 rings (SSSR count). The lowest BCUT2D eigenvalue weighted by Crippen LogP contribution is -2.46. The molecular weight excluding hydrogens is 445 g/mol. The van der Waals surface area contributed by atoms with Gasteiger partial charge in [0.25, 0.3) is 11.8 Å². The molecule has 0 atom stereocenters. The van der Waals surface area contributed by atoms with Crippen LogP contribution in [0, 0.1) is 0 Å². The largest absolute Gasteiger partial charge is 0.416 e. The van der Waals surface area contributed by atoms with E-state index in [0.29, 0.717) is 31.7 Å². The molecule has 3 N–H and O–H groups in total. The summed E-state index contributed by atoms with van der Waals surface area (Å²) in [5, 5.41) is 12.4. The minimum Gasteiger partial charge on any atom is -0.416 e. The highest BCUT2D eigenvalue weighted by atomic mass is 35.5. The van der Waals surface area contributed by atoms with Crippen molar-refractivity contribution in [2.45, 2.75) is 25.8 Å². The van der Waals surface area contributed by atoms with Crippen LogP contribution in [0.5, 0.6) is 0 Å². The standard InChI is InChI=1S/C20H21Cl2N5O4/c1-11(2)31-20(30)27-8-6-12(7-9-27)24-19(29)17-15(10-23-26-17)25-18(28)16-13(21)4-3-5-14(16)22/h3-5,10,12H,1,6-9H2,2H3,(H,23,26)(H,24,29)(H,25,28). The van der Waals surface area contributed by atoms with Crippen molar-refractivity contribution >= 4 is 46.8 Å². The zero-order chi connectivity index (χ0) is 22.5. The average Bonchev–Trinajstić information content (AvgIpc) is 3.16. The predicted molar refractivity (Wildman–Crippen MR) is 116 cm³/mol. The summed E-state index contributed by atoms with van der Waals surface area (Å²) in [6.45, 7) is 6.02. The van der Waals surface area contributed by atoms with Gasteiger partial charge in [0.2, 0.25) is 0 Å². The first-order chi connectivity index (χ1) is 14.8. The van der Waals surface area contributed by atoms with Crippen molar-refractivity contribution in [2.24, 2.45) is 0 Å². The molecule has 1 fully saturated rings. The molecule has 0 unspecified atom stereocenters. The molecule has 31 heavy (non-hydrogen) atoms. The molecule has 0 bridgehead atoms. The van der Waals surface area contributed by atoms with Crippen molar-refractivity contribution < 1.29 is 19.1 Å². The van der Waals surface area contributed by atoms with Crippen LogP contribution in [0.15, 0.2) is 36.7 Å². The van der Waals surface area contributed by atoms with E-state index in [1.807, 2.05) is 0 Å². The molecule has 1 aromatic carbocycles. The SMILES string of the molecule is C=C(C)OC(=O)N1CCC(NC(=O)c2n[nH]cc2NC(=O)c2c(Cl)cccc2Cl)CC1. The van der Waals surface area contributed by atoms with Gasteiger partial charge in [-0.2, -0.15) is 5.10 Å². The predicted octanol–water partition coefficient (Wildman–Crippen LogP) is 3.83. The van der Waals surface area contributed by atoms with E-state index in [2.05, 4.69) is 27.4 Å². The van der Waals surface area contributed by atoms with E-state index in [4.69, 9.17) is 27.9 Å². The number of aromatic amines is 1. The number of nitrogens with one attached hydrogen (secondary N) is 3. The van der Waals surface area contributed by atoms with Crippen molar-refractivity contribution in [3.05, 3.63) is 58.0 Å². The van der Waals surface area contributed by atoms with Gasteiger partial charge in [-0.3, -0.25) is 14.7 Å². The second kappa shape index (κ2) is 9.84. The number of hydrogen-bond donors (Lipinski definition) is 3. The van der Waals surface area contributed by atoms with Gasteiger partial charge in [-0.05, 0) is 31.9 Å². The van der Waals surface area contributed by atoms with Crippen molar-refractivity contribution in [3.8, 4) is 0 Å².